The summed E-state index contributed by atoms with van der Waals surface area (Å²) < 4.78 is 5.32. The largest absolute Gasteiger partial charge is 0.481 e. The summed E-state index contributed by atoms with van der Waals surface area (Å²) in [4.78, 5) is 81.8. The van der Waals surface area contributed by atoms with Crippen LogP contribution in [0.15, 0.2) is 115 Å². The third-order valence-corrected chi connectivity index (χ3v) is 8.64. The molecular weight excluding hydrogens is 668 g/mol. The number of hydrogen-bond donors (Lipinski definition) is 3. The normalized spacial score (nSPS) is 13.8. The molecule has 0 aliphatic carbocycles. The van der Waals surface area contributed by atoms with E-state index < -0.39 is 47.7 Å². The number of piperazine rings is 1. The van der Waals surface area contributed by atoms with Gasteiger partial charge in [-0.3, -0.25) is 24.1 Å². The number of benzene rings is 4. The van der Waals surface area contributed by atoms with E-state index in [-0.39, 0.29) is 57.0 Å². The summed E-state index contributed by atoms with van der Waals surface area (Å²) in [6.07, 6.45) is -1.79. The Labute approximate surface area is 300 Å². The molecule has 0 radical (unpaired) electrons. The molecule has 52 heavy (non-hydrogen) atoms. The van der Waals surface area contributed by atoms with Crippen molar-refractivity contribution in [2.24, 2.45) is 0 Å². The van der Waals surface area contributed by atoms with Crippen molar-refractivity contribution in [2.75, 3.05) is 31.5 Å². The van der Waals surface area contributed by atoms with Gasteiger partial charge in [0.1, 0.15) is 13.2 Å². The van der Waals surface area contributed by atoms with E-state index >= 15 is 0 Å². The lowest BCUT2D eigenvalue weighted by Crippen LogP contribution is -2.59. The van der Waals surface area contributed by atoms with Crippen molar-refractivity contribution in [3.05, 3.63) is 138 Å². The highest BCUT2D eigenvalue weighted by Crippen LogP contribution is 2.31. The van der Waals surface area contributed by atoms with Crippen LogP contribution in [0.2, 0.25) is 0 Å². The van der Waals surface area contributed by atoms with E-state index in [1.165, 1.54) is 34.1 Å². The minimum absolute atomic E-state index is 0.0107. The van der Waals surface area contributed by atoms with Crippen LogP contribution in [0.1, 0.15) is 33.5 Å². The standard InChI is InChI=1S/C39H38N4O9/c44-33(25-41-19-20-42(26-34(41)45)38(51)52-27-30-15-8-3-9-16-30)40-32-18-10-17-31(21-32)36(48)43(24-29-13-6-2-7-14-29)39(37(49)50,23-35(46)47)22-28-11-4-1-5-12-28/h1-18,21H,19-20,22-27H2,(H,40,44)(H,46,47)(H,49,50)/t39-/m0/s1. The first kappa shape index (κ1) is 36.8. The summed E-state index contributed by atoms with van der Waals surface area (Å²) in [5.41, 5.74) is -0.0581. The number of rotatable bonds is 14. The number of carbonyl (C=O) groups excluding carboxylic acids is 4. The Hall–Kier alpha value is -6.50. The molecular formula is C39H38N4O9. The van der Waals surface area contributed by atoms with Crippen LogP contribution in [0.25, 0.3) is 0 Å². The molecule has 13 heteroatoms. The Morgan fingerprint density at radius 1 is 0.769 bits per heavy atom. The van der Waals surface area contributed by atoms with Crippen LogP contribution in [0, 0.1) is 0 Å². The van der Waals surface area contributed by atoms with Crippen LogP contribution in [-0.2, 0) is 43.5 Å². The van der Waals surface area contributed by atoms with Crippen LogP contribution >= 0.6 is 0 Å². The van der Waals surface area contributed by atoms with E-state index in [4.69, 9.17) is 4.74 Å². The van der Waals surface area contributed by atoms with Crippen molar-refractivity contribution in [1.29, 1.82) is 0 Å². The lowest BCUT2D eigenvalue weighted by atomic mass is 9.84. The first-order valence-electron chi connectivity index (χ1n) is 16.5. The maximum atomic E-state index is 14.3. The molecule has 4 amide bonds. The fraction of sp³-hybridized carbons (Fsp3) is 0.231. The minimum atomic E-state index is -2.18. The zero-order chi connectivity index (χ0) is 37.1. The molecule has 3 N–H and O–H groups in total. The maximum Gasteiger partial charge on any atom is 0.410 e. The maximum absolute atomic E-state index is 14.3. The van der Waals surface area contributed by atoms with E-state index in [1.807, 2.05) is 30.3 Å². The molecule has 0 spiro atoms. The van der Waals surface area contributed by atoms with Crippen LogP contribution < -0.4 is 5.32 Å². The summed E-state index contributed by atoms with van der Waals surface area (Å²) in [5, 5.41) is 23.3. The van der Waals surface area contributed by atoms with Gasteiger partial charge in [0.05, 0.1) is 13.0 Å². The predicted molar refractivity (Wildman–Crippen MR) is 189 cm³/mol. The van der Waals surface area contributed by atoms with Gasteiger partial charge in [0.25, 0.3) is 5.91 Å². The van der Waals surface area contributed by atoms with E-state index in [0.29, 0.717) is 11.1 Å². The summed E-state index contributed by atoms with van der Waals surface area (Å²) in [7, 11) is 0. The molecule has 5 rings (SSSR count). The second-order valence-corrected chi connectivity index (χ2v) is 12.4. The Bertz CT molecular complexity index is 1910. The number of hydrogen-bond acceptors (Lipinski definition) is 7. The number of ether oxygens (including phenoxy) is 1. The Kier molecular flexibility index (Phi) is 12.0. The zero-order valence-electron chi connectivity index (χ0n) is 28.2. The van der Waals surface area contributed by atoms with Crippen molar-refractivity contribution >= 4 is 41.4 Å². The van der Waals surface area contributed by atoms with Crippen molar-refractivity contribution in [3.63, 3.8) is 0 Å². The van der Waals surface area contributed by atoms with E-state index in [1.54, 1.807) is 60.7 Å². The monoisotopic (exact) mass is 706 g/mol. The molecule has 0 unspecified atom stereocenters. The molecule has 1 aliphatic heterocycles. The molecule has 0 saturated carbocycles. The molecule has 4 aromatic carbocycles. The SMILES string of the molecule is O=C(O)C[C@@](Cc1ccccc1)(C(=O)O)N(Cc1ccccc1)C(=O)c1cccc(NC(=O)CN2CCN(C(=O)OCc3ccccc3)CC2=O)c1. The number of carboxylic acids is 2. The minimum Gasteiger partial charge on any atom is -0.481 e. The molecule has 1 atom stereocenters. The average molecular weight is 707 g/mol. The fourth-order valence-electron chi connectivity index (χ4n) is 5.99. The Balaban J connectivity index is 1.30. The van der Waals surface area contributed by atoms with Gasteiger partial charge in [-0.15, -0.1) is 0 Å². The van der Waals surface area contributed by atoms with Crippen molar-refractivity contribution in [1.82, 2.24) is 14.7 Å². The third-order valence-electron chi connectivity index (χ3n) is 8.64. The van der Waals surface area contributed by atoms with E-state index in [0.717, 1.165) is 10.5 Å². The number of anilines is 1. The molecule has 1 heterocycles. The van der Waals surface area contributed by atoms with Gasteiger partial charge in [-0.05, 0) is 34.9 Å². The topological polar surface area (TPSA) is 174 Å². The van der Waals surface area contributed by atoms with Gasteiger partial charge >= 0.3 is 18.0 Å². The van der Waals surface area contributed by atoms with Gasteiger partial charge in [0.15, 0.2) is 5.54 Å². The molecule has 0 bridgehead atoms. The predicted octanol–water partition coefficient (Wildman–Crippen LogP) is 4.29. The van der Waals surface area contributed by atoms with Gasteiger partial charge < -0.3 is 30.1 Å². The lowest BCUT2D eigenvalue weighted by Gasteiger charge is -2.40. The Morgan fingerprint density at radius 2 is 1.38 bits per heavy atom. The van der Waals surface area contributed by atoms with Crippen molar-refractivity contribution < 1.29 is 43.7 Å². The Morgan fingerprint density at radius 3 is 1.98 bits per heavy atom. The number of amides is 4. The lowest BCUT2D eigenvalue weighted by molar-refractivity contribution is -0.157. The molecule has 4 aromatic rings. The van der Waals surface area contributed by atoms with Gasteiger partial charge in [-0.2, -0.15) is 0 Å². The first-order chi connectivity index (χ1) is 25.0. The van der Waals surface area contributed by atoms with Crippen LogP contribution in [0.5, 0.6) is 0 Å². The number of nitrogens with zero attached hydrogens (tertiary/aromatic N) is 3. The van der Waals surface area contributed by atoms with Gasteiger partial charge in [-0.1, -0.05) is 97.1 Å². The highest BCUT2D eigenvalue weighted by Gasteiger charge is 2.49. The smallest absolute Gasteiger partial charge is 0.410 e. The van der Waals surface area contributed by atoms with Crippen LogP contribution in [-0.4, -0.2) is 92.4 Å². The van der Waals surface area contributed by atoms with Gasteiger partial charge in [0.2, 0.25) is 11.8 Å². The zero-order valence-corrected chi connectivity index (χ0v) is 28.2. The average Bonchev–Trinajstić information content (AvgIpc) is 3.14. The summed E-state index contributed by atoms with van der Waals surface area (Å²) in [6, 6.07) is 32.1. The molecule has 1 saturated heterocycles. The number of carbonyl (C=O) groups is 6. The number of aliphatic carboxylic acids is 2. The van der Waals surface area contributed by atoms with Gasteiger partial charge in [0, 0.05) is 37.3 Å². The number of nitrogens with one attached hydrogen (secondary N) is 1. The van der Waals surface area contributed by atoms with Crippen molar-refractivity contribution in [3.8, 4) is 0 Å². The molecule has 0 aromatic heterocycles. The van der Waals surface area contributed by atoms with Gasteiger partial charge in [-0.25, -0.2) is 9.59 Å². The molecule has 1 aliphatic rings. The van der Waals surface area contributed by atoms with E-state index in [2.05, 4.69) is 5.32 Å². The summed E-state index contributed by atoms with van der Waals surface area (Å²) in [6.45, 7) is -0.461. The fourth-order valence-corrected chi connectivity index (χ4v) is 5.99. The van der Waals surface area contributed by atoms with Crippen molar-refractivity contribution in [2.45, 2.75) is 31.5 Å². The first-order valence-corrected chi connectivity index (χ1v) is 16.5. The van der Waals surface area contributed by atoms with Crippen LogP contribution in [0.3, 0.4) is 0 Å². The molecule has 1 fully saturated rings. The van der Waals surface area contributed by atoms with Crippen LogP contribution in [0.4, 0.5) is 10.5 Å². The summed E-state index contributed by atoms with van der Waals surface area (Å²) >= 11 is 0. The molecule has 268 valence electrons. The van der Waals surface area contributed by atoms with E-state index in [9.17, 15) is 39.0 Å². The highest BCUT2D eigenvalue weighted by molar-refractivity contribution is 6.01. The quantitative estimate of drug-likeness (QED) is 0.173. The summed E-state index contributed by atoms with van der Waals surface area (Å²) in [5.74, 6) is -4.65. The second kappa shape index (κ2) is 16.9. The number of carboxylic acid groups (broad SMARTS) is 2. The highest BCUT2D eigenvalue weighted by atomic mass is 16.6. The third kappa shape index (κ3) is 9.38. The molecule has 13 nitrogen and oxygen atoms in total. The second-order valence-electron chi connectivity index (χ2n) is 12.4.